The molecular weight excluding hydrogens is 250 g/mol. The van der Waals surface area contributed by atoms with Crippen molar-refractivity contribution in [1.82, 2.24) is 0 Å². The molecule has 2 aromatic rings. The number of aryl methyl sites for hydroxylation is 1. The molecule has 0 heterocycles. The summed E-state index contributed by atoms with van der Waals surface area (Å²) < 4.78 is 0. The van der Waals surface area contributed by atoms with Gasteiger partial charge < -0.3 is 15.1 Å². The van der Waals surface area contributed by atoms with Crippen LogP contribution < -0.4 is 4.90 Å². The first-order valence-corrected chi connectivity index (χ1v) is 6.84. The first kappa shape index (κ1) is 14.6. The number of benzene rings is 2. The van der Waals surface area contributed by atoms with Crippen molar-refractivity contribution in [2.24, 2.45) is 0 Å². The predicted molar refractivity (Wildman–Crippen MR) is 81.7 cm³/mol. The van der Waals surface area contributed by atoms with Gasteiger partial charge in [-0.15, -0.1) is 0 Å². The first-order chi connectivity index (χ1) is 9.74. The molecule has 0 saturated carbocycles. The van der Waals surface area contributed by atoms with E-state index in [1.165, 1.54) is 5.56 Å². The molecule has 3 nitrogen and oxygen atoms in total. The Morgan fingerprint density at radius 1 is 1.00 bits per heavy atom. The van der Waals surface area contributed by atoms with Crippen LogP contribution in [0.3, 0.4) is 0 Å². The van der Waals surface area contributed by atoms with Crippen molar-refractivity contribution in [3.8, 4) is 0 Å². The number of hydrogen-bond donors (Lipinski definition) is 2. The third-order valence-electron chi connectivity index (χ3n) is 3.33. The number of hydrogen-bond acceptors (Lipinski definition) is 3. The maximum Gasteiger partial charge on any atom is 0.0702 e. The number of anilines is 1. The van der Waals surface area contributed by atoms with E-state index in [1.54, 1.807) is 0 Å². The summed E-state index contributed by atoms with van der Waals surface area (Å²) in [5, 5.41) is 18.8. The molecule has 2 N–H and O–H groups in total. The van der Waals surface area contributed by atoms with E-state index in [4.69, 9.17) is 0 Å². The quantitative estimate of drug-likeness (QED) is 0.848. The van der Waals surface area contributed by atoms with Crippen molar-refractivity contribution in [3.05, 3.63) is 65.2 Å². The minimum Gasteiger partial charge on any atom is -0.395 e. The van der Waals surface area contributed by atoms with E-state index in [0.717, 1.165) is 23.4 Å². The van der Waals surface area contributed by atoms with Crippen LogP contribution in [0.15, 0.2) is 48.5 Å². The second kappa shape index (κ2) is 7.08. The zero-order valence-corrected chi connectivity index (χ0v) is 11.8. The standard InChI is InChI=1S/C17H21NO2/c1-14-7-8-17(16(11-14)13-20)18(9-10-19)12-15-5-3-2-4-6-15/h2-8,11,19-20H,9-10,12-13H2,1H3. The van der Waals surface area contributed by atoms with Gasteiger partial charge in [-0.25, -0.2) is 0 Å². The van der Waals surface area contributed by atoms with Crippen LogP contribution in [-0.2, 0) is 13.2 Å². The fraction of sp³-hybridized carbons (Fsp3) is 0.294. The third-order valence-corrected chi connectivity index (χ3v) is 3.33. The van der Waals surface area contributed by atoms with Crippen molar-refractivity contribution in [2.45, 2.75) is 20.1 Å². The van der Waals surface area contributed by atoms with Gasteiger partial charge in [0, 0.05) is 24.3 Å². The monoisotopic (exact) mass is 271 g/mol. The van der Waals surface area contributed by atoms with Gasteiger partial charge in [0.1, 0.15) is 0 Å². The van der Waals surface area contributed by atoms with Crippen molar-refractivity contribution in [3.63, 3.8) is 0 Å². The molecule has 2 aromatic carbocycles. The molecule has 0 aliphatic rings. The zero-order valence-electron chi connectivity index (χ0n) is 11.8. The van der Waals surface area contributed by atoms with E-state index in [9.17, 15) is 10.2 Å². The lowest BCUT2D eigenvalue weighted by molar-refractivity contribution is 0.280. The molecule has 3 heteroatoms. The highest BCUT2D eigenvalue weighted by Gasteiger charge is 2.11. The molecule has 0 unspecified atom stereocenters. The molecule has 2 rings (SSSR count). The van der Waals surface area contributed by atoms with Gasteiger partial charge in [0.05, 0.1) is 13.2 Å². The van der Waals surface area contributed by atoms with Crippen LogP contribution in [0, 0.1) is 6.92 Å². The van der Waals surface area contributed by atoms with Crippen LogP contribution in [0.25, 0.3) is 0 Å². The molecule has 0 spiro atoms. The molecule has 0 atom stereocenters. The van der Waals surface area contributed by atoms with Gasteiger partial charge in [0.15, 0.2) is 0 Å². The average molecular weight is 271 g/mol. The van der Waals surface area contributed by atoms with Crippen LogP contribution in [0.2, 0.25) is 0 Å². The minimum atomic E-state index is 0.00767. The average Bonchev–Trinajstić information content (AvgIpc) is 2.48. The van der Waals surface area contributed by atoms with Crippen LogP contribution in [0.1, 0.15) is 16.7 Å². The largest absolute Gasteiger partial charge is 0.395 e. The lowest BCUT2D eigenvalue weighted by Gasteiger charge is -2.26. The summed E-state index contributed by atoms with van der Waals surface area (Å²) in [6, 6.07) is 16.2. The second-order valence-electron chi connectivity index (χ2n) is 4.92. The highest BCUT2D eigenvalue weighted by Crippen LogP contribution is 2.23. The number of nitrogens with zero attached hydrogens (tertiary/aromatic N) is 1. The Kier molecular flexibility index (Phi) is 5.16. The van der Waals surface area contributed by atoms with Crippen LogP contribution in [-0.4, -0.2) is 23.4 Å². The van der Waals surface area contributed by atoms with Gasteiger partial charge in [-0.1, -0.05) is 48.0 Å². The number of aliphatic hydroxyl groups excluding tert-OH is 2. The highest BCUT2D eigenvalue weighted by atomic mass is 16.3. The van der Waals surface area contributed by atoms with E-state index in [-0.39, 0.29) is 13.2 Å². The van der Waals surface area contributed by atoms with Gasteiger partial charge >= 0.3 is 0 Å². The van der Waals surface area contributed by atoms with Crippen molar-refractivity contribution >= 4 is 5.69 Å². The molecule has 0 saturated heterocycles. The Morgan fingerprint density at radius 3 is 2.40 bits per heavy atom. The van der Waals surface area contributed by atoms with E-state index in [0.29, 0.717) is 6.54 Å². The molecule has 20 heavy (non-hydrogen) atoms. The Labute approximate surface area is 120 Å². The predicted octanol–water partition coefficient (Wildman–Crippen LogP) is 2.49. The summed E-state index contributed by atoms with van der Waals surface area (Å²) >= 11 is 0. The molecule has 0 aliphatic carbocycles. The fourth-order valence-corrected chi connectivity index (χ4v) is 2.36. The van der Waals surface area contributed by atoms with Gasteiger partial charge in [-0.05, 0) is 18.6 Å². The fourth-order valence-electron chi connectivity index (χ4n) is 2.36. The second-order valence-corrected chi connectivity index (χ2v) is 4.92. The smallest absolute Gasteiger partial charge is 0.0702 e. The summed E-state index contributed by atoms with van der Waals surface area (Å²) in [5.41, 5.74) is 4.19. The Morgan fingerprint density at radius 2 is 1.75 bits per heavy atom. The minimum absolute atomic E-state index is 0.00767. The van der Waals surface area contributed by atoms with Crippen molar-refractivity contribution in [2.75, 3.05) is 18.1 Å². The highest BCUT2D eigenvalue weighted by molar-refractivity contribution is 5.55. The molecule has 0 bridgehead atoms. The summed E-state index contributed by atoms with van der Waals surface area (Å²) in [5.74, 6) is 0. The lowest BCUT2D eigenvalue weighted by atomic mass is 10.1. The van der Waals surface area contributed by atoms with Crippen LogP contribution in [0.5, 0.6) is 0 Å². The van der Waals surface area contributed by atoms with Crippen LogP contribution in [0.4, 0.5) is 5.69 Å². The van der Waals surface area contributed by atoms with Crippen molar-refractivity contribution < 1.29 is 10.2 Å². The first-order valence-electron chi connectivity index (χ1n) is 6.84. The summed E-state index contributed by atoms with van der Waals surface area (Å²) in [6.45, 7) is 3.37. The SMILES string of the molecule is Cc1ccc(N(CCO)Cc2ccccc2)c(CO)c1. The van der Waals surface area contributed by atoms with Gasteiger partial charge in [-0.2, -0.15) is 0 Å². The number of aliphatic hydroxyl groups is 2. The molecule has 0 amide bonds. The van der Waals surface area contributed by atoms with Crippen LogP contribution >= 0.6 is 0 Å². The van der Waals surface area contributed by atoms with E-state index in [2.05, 4.69) is 17.0 Å². The Balaban J connectivity index is 2.28. The molecular formula is C17H21NO2. The van der Waals surface area contributed by atoms with E-state index >= 15 is 0 Å². The Hall–Kier alpha value is -1.84. The lowest BCUT2D eigenvalue weighted by Crippen LogP contribution is -2.27. The Bertz CT molecular complexity index is 540. The summed E-state index contributed by atoms with van der Waals surface area (Å²) in [6.07, 6.45) is 0. The maximum atomic E-state index is 9.54. The number of rotatable bonds is 6. The zero-order chi connectivity index (χ0) is 14.4. The van der Waals surface area contributed by atoms with Gasteiger partial charge in [0.25, 0.3) is 0 Å². The van der Waals surface area contributed by atoms with Gasteiger partial charge in [0.2, 0.25) is 0 Å². The summed E-state index contributed by atoms with van der Waals surface area (Å²) in [4.78, 5) is 2.10. The normalized spacial score (nSPS) is 10.6. The maximum absolute atomic E-state index is 9.54. The topological polar surface area (TPSA) is 43.7 Å². The molecule has 0 aliphatic heterocycles. The summed E-state index contributed by atoms with van der Waals surface area (Å²) in [7, 11) is 0. The van der Waals surface area contributed by atoms with E-state index in [1.807, 2.05) is 43.3 Å². The van der Waals surface area contributed by atoms with Crippen molar-refractivity contribution in [1.29, 1.82) is 0 Å². The molecule has 0 fully saturated rings. The molecule has 0 aromatic heterocycles. The van der Waals surface area contributed by atoms with E-state index < -0.39 is 0 Å². The molecule has 0 radical (unpaired) electrons. The molecule has 106 valence electrons. The third kappa shape index (κ3) is 3.59. The van der Waals surface area contributed by atoms with Gasteiger partial charge in [-0.3, -0.25) is 0 Å².